The third kappa shape index (κ3) is 3.19. The van der Waals surface area contributed by atoms with Crippen LogP contribution in [0.3, 0.4) is 0 Å². The summed E-state index contributed by atoms with van der Waals surface area (Å²) in [6.45, 7) is 3.56. The second-order valence-electron chi connectivity index (χ2n) is 6.03. The smallest absolute Gasteiger partial charge is 0.358 e. The Hall–Kier alpha value is -3.04. The van der Waals surface area contributed by atoms with Gasteiger partial charge in [0.1, 0.15) is 11.3 Å². The molecular weight excluding hydrogens is 391 g/mol. The zero-order chi connectivity index (χ0) is 20.8. The van der Waals surface area contributed by atoms with Crippen molar-refractivity contribution in [3.05, 3.63) is 63.9 Å². The summed E-state index contributed by atoms with van der Waals surface area (Å²) in [6, 6.07) is 5.39. The van der Waals surface area contributed by atoms with Crippen molar-refractivity contribution in [1.29, 1.82) is 0 Å². The minimum atomic E-state index is -5.60. The van der Waals surface area contributed by atoms with Crippen molar-refractivity contribution in [2.75, 3.05) is 5.43 Å². The summed E-state index contributed by atoms with van der Waals surface area (Å²) in [6.07, 6.45) is -4.46. The van der Waals surface area contributed by atoms with E-state index in [1.54, 1.807) is 24.5 Å². The van der Waals surface area contributed by atoms with Gasteiger partial charge in [0.15, 0.2) is 23.3 Å². The minimum Gasteiger partial charge on any atom is -0.358 e. The van der Waals surface area contributed by atoms with Crippen molar-refractivity contribution in [3.63, 3.8) is 0 Å². The van der Waals surface area contributed by atoms with E-state index >= 15 is 0 Å². The van der Waals surface area contributed by atoms with Crippen LogP contribution in [-0.4, -0.2) is 11.2 Å². The number of alkyl halides is 3. The van der Waals surface area contributed by atoms with Gasteiger partial charge in [-0.25, -0.2) is 17.6 Å². The van der Waals surface area contributed by atoms with Crippen molar-refractivity contribution in [1.82, 2.24) is 4.98 Å². The van der Waals surface area contributed by atoms with Crippen molar-refractivity contribution >= 4 is 22.8 Å². The Morgan fingerprint density at radius 1 is 0.964 bits per heavy atom. The fourth-order valence-electron chi connectivity index (χ4n) is 2.82. The van der Waals surface area contributed by atoms with Gasteiger partial charge in [-0.1, -0.05) is 18.2 Å². The Morgan fingerprint density at radius 2 is 1.57 bits per heavy atom. The van der Waals surface area contributed by atoms with Gasteiger partial charge < -0.3 is 4.98 Å². The Labute approximate surface area is 153 Å². The molecule has 0 radical (unpaired) electrons. The van der Waals surface area contributed by atoms with Crippen LogP contribution in [0.4, 0.5) is 36.4 Å². The summed E-state index contributed by atoms with van der Waals surface area (Å²) in [5, 5.41) is 4.26. The number of nitrogens with zero attached hydrogens (tertiary/aromatic N) is 1. The quantitative estimate of drug-likeness (QED) is 0.247. The molecule has 148 valence electrons. The Bertz CT molecular complexity index is 1070. The first-order chi connectivity index (χ1) is 13.0. The number of anilines is 1. The number of H-pyrrole nitrogens is 1. The molecule has 0 saturated carbocycles. The normalized spacial score (nSPS) is 12.3. The molecule has 0 aliphatic carbocycles. The highest BCUT2D eigenvalue weighted by molar-refractivity contribution is 6.01. The molecule has 3 rings (SSSR count). The first-order valence-electron chi connectivity index (χ1n) is 7.84. The van der Waals surface area contributed by atoms with Gasteiger partial charge in [0.2, 0.25) is 0 Å². The van der Waals surface area contributed by atoms with Crippen molar-refractivity contribution in [2.24, 2.45) is 5.10 Å². The second-order valence-corrected chi connectivity index (χ2v) is 6.03. The predicted molar refractivity (Wildman–Crippen MR) is 90.3 cm³/mol. The van der Waals surface area contributed by atoms with E-state index in [9.17, 15) is 30.7 Å². The molecule has 0 aliphatic rings. The van der Waals surface area contributed by atoms with Crippen molar-refractivity contribution in [2.45, 2.75) is 20.0 Å². The van der Waals surface area contributed by atoms with Crippen LogP contribution in [0.25, 0.3) is 10.9 Å². The molecule has 0 spiro atoms. The number of aromatic nitrogens is 1. The Morgan fingerprint density at radius 3 is 2.14 bits per heavy atom. The van der Waals surface area contributed by atoms with E-state index in [-0.39, 0.29) is 0 Å². The van der Waals surface area contributed by atoms with Crippen LogP contribution in [0.5, 0.6) is 0 Å². The van der Waals surface area contributed by atoms with Gasteiger partial charge in [0, 0.05) is 22.2 Å². The zero-order valence-electron chi connectivity index (χ0n) is 14.4. The Kier molecular flexibility index (Phi) is 4.82. The highest BCUT2D eigenvalue weighted by Crippen LogP contribution is 2.38. The van der Waals surface area contributed by atoms with Gasteiger partial charge in [-0.2, -0.15) is 18.3 Å². The maximum atomic E-state index is 13.9. The summed E-state index contributed by atoms with van der Waals surface area (Å²) < 4.78 is 92.7. The molecule has 0 fully saturated rings. The highest BCUT2D eigenvalue weighted by Gasteiger charge is 2.42. The van der Waals surface area contributed by atoms with E-state index in [0.717, 1.165) is 22.7 Å². The van der Waals surface area contributed by atoms with Gasteiger partial charge in [-0.05, 0) is 19.4 Å². The van der Waals surface area contributed by atoms with Crippen LogP contribution in [0.15, 0.2) is 23.3 Å². The number of rotatable bonds is 3. The summed E-state index contributed by atoms with van der Waals surface area (Å²) in [5.41, 5.74) is 0.546. The first-order valence-corrected chi connectivity index (χ1v) is 7.84. The maximum Gasteiger partial charge on any atom is 0.422 e. The average molecular weight is 403 g/mol. The number of fused-ring (bicyclic) bond motifs is 1. The lowest BCUT2D eigenvalue weighted by atomic mass is 10.1. The number of aryl methyl sites for hydroxylation is 2. The van der Waals surface area contributed by atoms with Crippen LogP contribution in [0.1, 0.15) is 22.4 Å². The van der Waals surface area contributed by atoms with Crippen LogP contribution in [0.2, 0.25) is 0 Å². The van der Waals surface area contributed by atoms with Gasteiger partial charge >= 0.3 is 6.18 Å². The van der Waals surface area contributed by atoms with Crippen LogP contribution < -0.4 is 5.43 Å². The third-order valence-electron chi connectivity index (χ3n) is 4.20. The number of aromatic amines is 1. The SMILES string of the molecule is Cc1[nH]c2c(C)cccc2c1/C=N/Nc1c(F)c(F)c(C(F)(F)F)c(F)c1F. The first kappa shape index (κ1) is 19.7. The maximum absolute atomic E-state index is 13.9. The molecule has 3 nitrogen and oxygen atoms in total. The van der Waals surface area contributed by atoms with E-state index in [0.29, 0.717) is 11.3 Å². The molecular formula is C18H12F7N3. The number of hydrazone groups is 1. The molecule has 3 aromatic rings. The lowest BCUT2D eigenvalue weighted by Crippen LogP contribution is -2.16. The highest BCUT2D eigenvalue weighted by atomic mass is 19.4. The van der Waals surface area contributed by atoms with Gasteiger partial charge in [-0.3, -0.25) is 5.43 Å². The lowest BCUT2D eigenvalue weighted by Gasteiger charge is -2.13. The molecule has 1 aromatic heterocycles. The van der Waals surface area contributed by atoms with Gasteiger partial charge in [-0.15, -0.1) is 0 Å². The van der Waals surface area contributed by atoms with Crippen LogP contribution in [-0.2, 0) is 6.18 Å². The monoisotopic (exact) mass is 403 g/mol. The number of benzene rings is 2. The molecule has 0 saturated heterocycles. The summed E-state index contributed by atoms with van der Waals surface area (Å²) in [5.74, 6) is -9.56. The largest absolute Gasteiger partial charge is 0.422 e. The van der Waals surface area contributed by atoms with Crippen molar-refractivity contribution < 1.29 is 30.7 Å². The van der Waals surface area contributed by atoms with Gasteiger partial charge in [0.25, 0.3) is 0 Å². The van der Waals surface area contributed by atoms with Crippen molar-refractivity contribution in [3.8, 4) is 0 Å². The Balaban J connectivity index is 2.01. The fourth-order valence-corrected chi connectivity index (χ4v) is 2.82. The standard InChI is InChI=1S/C18H12F7N3/c1-7-4-3-5-9-10(8(2)27-16(7)9)6-26-28-17-14(21)12(19)11(18(23,24)25)13(20)15(17)22/h3-6,27-28H,1-2H3/b26-6+. The number of halogens is 7. The van der Waals surface area contributed by atoms with Crippen LogP contribution in [0, 0.1) is 37.1 Å². The number of para-hydroxylation sites is 1. The molecule has 10 heteroatoms. The van der Waals surface area contributed by atoms with Gasteiger partial charge in [0.05, 0.1) is 6.21 Å². The molecule has 0 amide bonds. The second kappa shape index (κ2) is 6.84. The number of hydrogen-bond donors (Lipinski definition) is 2. The third-order valence-corrected chi connectivity index (χ3v) is 4.20. The van der Waals surface area contributed by atoms with E-state index in [4.69, 9.17) is 0 Å². The van der Waals surface area contributed by atoms with Crippen LogP contribution >= 0.6 is 0 Å². The van der Waals surface area contributed by atoms with E-state index in [1.807, 2.05) is 13.0 Å². The minimum absolute atomic E-state index is 0.528. The zero-order valence-corrected chi connectivity index (χ0v) is 14.4. The lowest BCUT2D eigenvalue weighted by molar-refractivity contribution is -0.143. The van der Waals surface area contributed by atoms with E-state index in [1.165, 1.54) is 0 Å². The van der Waals surface area contributed by atoms with E-state index in [2.05, 4.69) is 10.1 Å². The number of hydrogen-bond acceptors (Lipinski definition) is 2. The molecule has 0 atom stereocenters. The molecule has 2 N–H and O–H groups in total. The molecule has 0 unspecified atom stereocenters. The summed E-state index contributed by atoms with van der Waals surface area (Å²) in [4.78, 5) is 3.10. The average Bonchev–Trinajstić information content (AvgIpc) is 2.92. The summed E-state index contributed by atoms with van der Waals surface area (Å²) in [7, 11) is 0. The van der Waals surface area contributed by atoms with E-state index < -0.39 is 40.7 Å². The molecule has 0 bridgehead atoms. The number of nitrogens with one attached hydrogen (secondary N) is 2. The molecule has 28 heavy (non-hydrogen) atoms. The molecule has 0 aliphatic heterocycles. The predicted octanol–water partition coefficient (Wildman–Crippen LogP) is 5.81. The topological polar surface area (TPSA) is 40.2 Å². The fraction of sp³-hybridized carbons (Fsp3) is 0.167. The molecule has 1 heterocycles. The molecule has 2 aromatic carbocycles. The summed E-state index contributed by atoms with van der Waals surface area (Å²) >= 11 is 0.